The average molecular weight is 147 g/mol. The van der Waals surface area contributed by atoms with Gasteiger partial charge in [-0.15, -0.1) is 10.2 Å². The average Bonchev–Trinajstić information content (AvgIpc) is 2.28. The Balaban J connectivity index is 2.39. The molecule has 0 amide bonds. The van der Waals surface area contributed by atoms with Gasteiger partial charge >= 0.3 is 0 Å². The highest BCUT2D eigenvalue weighted by atomic mass is 15.4. The summed E-state index contributed by atoms with van der Waals surface area (Å²) in [5, 5.41) is 14.8. The molecular formula is C6H5N5. The molecule has 0 aromatic carbocycles. The Kier molecular flexibility index (Phi) is 1.33. The molecule has 5 heteroatoms. The summed E-state index contributed by atoms with van der Waals surface area (Å²) in [7, 11) is 0. The van der Waals surface area contributed by atoms with E-state index in [9.17, 15) is 0 Å². The van der Waals surface area contributed by atoms with Crippen LogP contribution in [0, 0.1) is 0 Å². The van der Waals surface area contributed by atoms with Crippen LogP contribution in [0.25, 0.3) is 0 Å². The zero-order valence-corrected chi connectivity index (χ0v) is 5.62. The molecule has 0 aromatic heterocycles. The molecule has 0 saturated carbocycles. The van der Waals surface area contributed by atoms with E-state index in [1.54, 1.807) is 30.0 Å². The van der Waals surface area contributed by atoms with Gasteiger partial charge in [0.05, 0.1) is 18.1 Å². The predicted molar refractivity (Wildman–Crippen MR) is 43.9 cm³/mol. The molecule has 0 saturated heterocycles. The van der Waals surface area contributed by atoms with Crippen molar-refractivity contribution in [3.8, 4) is 0 Å². The van der Waals surface area contributed by atoms with Crippen molar-refractivity contribution in [3.63, 3.8) is 0 Å². The summed E-state index contributed by atoms with van der Waals surface area (Å²) in [6, 6.07) is 0. The molecule has 2 aliphatic rings. The van der Waals surface area contributed by atoms with E-state index in [0.717, 1.165) is 5.70 Å². The molecule has 2 rings (SSSR count). The topological polar surface area (TPSA) is 52.7 Å². The van der Waals surface area contributed by atoms with Gasteiger partial charge in [-0.2, -0.15) is 10.2 Å². The maximum absolute atomic E-state index is 3.72. The first-order chi connectivity index (χ1) is 5.47. The van der Waals surface area contributed by atoms with Crippen molar-refractivity contribution in [2.75, 3.05) is 0 Å². The monoisotopic (exact) mass is 147 g/mol. The molecule has 0 aliphatic carbocycles. The molecule has 0 spiro atoms. The minimum absolute atomic E-state index is 0.907. The van der Waals surface area contributed by atoms with Crippen LogP contribution in [0.1, 0.15) is 0 Å². The number of rotatable bonds is 0. The normalized spacial score (nSPS) is 19.6. The Morgan fingerprint density at radius 3 is 2.73 bits per heavy atom. The van der Waals surface area contributed by atoms with E-state index in [2.05, 4.69) is 20.4 Å². The molecule has 54 valence electrons. The van der Waals surface area contributed by atoms with Gasteiger partial charge < -0.3 is 0 Å². The molecule has 2 aliphatic heterocycles. The minimum Gasteiger partial charge on any atom is -0.287 e. The zero-order chi connectivity index (χ0) is 7.52. The first-order valence-corrected chi connectivity index (χ1v) is 3.08. The Morgan fingerprint density at radius 2 is 1.82 bits per heavy atom. The number of allylic oxidation sites excluding steroid dienone is 2. The van der Waals surface area contributed by atoms with Crippen molar-refractivity contribution in [1.29, 1.82) is 0 Å². The molecule has 0 bridgehead atoms. The molecule has 5 nitrogen and oxygen atoms in total. The first-order valence-electron chi connectivity index (χ1n) is 3.08. The van der Waals surface area contributed by atoms with Crippen LogP contribution in [0.2, 0.25) is 0 Å². The van der Waals surface area contributed by atoms with Gasteiger partial charge in [0.1, 0.15) is 12.7 Å². The fourth-order valence-corrected chi connectivity index (χ4v) is 0.770. The van der Waals surface area contributed by atoms with Gasteiger partial charge in [0.25, 0.3) is 0 Å². The smallest absolute Gasteiger partial charge is 0.123 e. The SMILES string of the molecule is C1=NN=CN2C=NN=CC2=C1. The second kappa shape index (κ2) is 2.45. The summed E-state index contributed by atoms with van der Waals surface area (Å²) < 4.78 is 0. The second-order valence-electron chi connectivity index (χ2n) is 1.97. The van der Waals surface area contributed by atoms with Crippen LogP contribution in [0.15, 0.2) is 32.2 Å². The van der Waals surface area contributed by atoms with Crippen molar-refractivity contribution < 1.29 is 0 Å². The highest BCUT2D eigenvalue weighted by Crippen LogP contribution is 2.02. The van der Waals surface area contributed by atoms with Crippen molar-refractivity contribution in [1.82, 2.24) is 4.90 Å². The summed E-state index contributed by atoms with van der Waals surface area (Å²) in [6.45, 7) is 0. The third-order valence-electron chi connectivity index (χ3n) is 1.29. The summed E-state index contributed by atoms with van der Waals surface area (Å²) in [5.41, 5.74) is 0.907. The van der Waals surface area contributed by atoms with Crippen molar-refractivity contribution >= 4 is 25.1 Å². The molecule has 0 aromatic rings. The molecular weight excluding hydrogens is 142 g/mol. The summed E-state index contributed by atoms with van der Waals surface area (Å²) in [4.78, 5) is 1.74. The van der Waals surface area contributed by atoms with Crippen LogP contribution in [0.4, 0.5) is 0 Å². The van der Waals surface area contributed by atoms with Gasteiger partial charge in [0, 0.05) is 0 Å². The van der Waals surface area contributed by atoms with Crippen molar-refractivity contribution in [2.45, 2.75) is 0 Å². The Hall–Kier alpha value is -1.78. The van der Waals surface area contributed by atoms with Crippen LogP contribution in [0.5, 0.6) is 0 Å². The van der Waals surface area contributed by atoms with E-state index in [1.165, 1.54) is 0 Å². The second-order valence-corrected chi connectivity index (χ2v) is 1.97. The van der Waals surface area contributed by atoms with Crippen molar-refractivity contribution in [2.24, 2.45) is 20.4 Å². The van der Waals surface area contributed by atoms with Crippen molar-refractivity contribution in [3.05, 3.63) is 11.8 Å². The summed E-state index contributed by atoms with van der Waals surface area (Å²) in [6.07, 6.45) is 8.20. The molecule has 0 atom stereocenters. The van der Waals surface area contributed by atoms with E-state index in [1.807, 2.05) is 6.08 Å². The number of nitrogens with zero attached hydrogens (tertiary/aromatic N) is 5. The molecule has 2 heterocycles. The zero-order valence-electron chi connectivity index (χ0n) is 5.62. The molecule has 0 fully saturated rings. The summed E-state index contributed by atoms with van der Waals surface area (Å²) in [5.74, 6) is 0. The lowest BCUT2D eigenvalue weighted by Gasteiger charge is -2.13. The van der Waals surface area contributed by atoms with Gasteiger partial charge in [-0.25, -0.2) is 0 Å². The van der Waals surface area contributed by atoms with E-state index in [4.69, 9.17) is 0 Å². The number of fused-ring (bicyclic) bond motifs is 1. The highest BCUT2D eigenvalue weighted by molar-refractivity contribution is 5.96. The summed E-state index contributed by atoms with van der Waals surface area (Å²) >= 11 is 0. The van der Waals surface area contributed by atoms with E-state index in [0.29, 0.717) is 0 Å². The lowest BCUT2D eigenvalue weighted by atomic mass is 10.4. The third-order valence-corrected chi connectivity index (χ3v) is 1.29. The van der Waals surface area contributed by atoms with E-state index < -0.39 is 0 Å². The van der Waals surface area contributed by atoms with Crippen LogP contribution in [-0.2, 0) is 0 Å². The number of hydrogen-bond acceptors (Lipinski definition) is 5. The maximum Gasteiger partial charge on any atom is 0.123 e. The molecule has 11 heavy (non-hydrogen) atoms. The van der Waals surface area contributed by atoms with Gasteiger partial charge in [-0.05, 0) is 6.08 Å². The molecule has 0 radical (unpaired) electrons. The lowest BCUT2D eigenvalue weighted by Crippen LogP contribution is -2.21. The Morgan fingerprint density at radius 1 is 1.00 bits per heavy atom. The fourth-order valence-electron chi connectivity index (χ4n) is 0.770. The maximum atomic E-state index is 3.72. The largest absolute Gasteiger partial charge is 0.287 e. The Bertz CT molecular complexity index is 296. The minimum atomic E-state index is 0.907. The van der Waals surface area contributed by atoms with E-state index >= 15 is 0 Å². The Labute approximate surface area is 63.1 Å². The standard InChI is InChI=1S/C6H5N5/c1-2-7-9-4-11-5-10-8-3-6(1)11/h1-5H. The highest BCUT2D eigenvalue weighted by Gasteiger charge is 2.05. The molecule has 0 N–H and O–H groups in total. The van der Waals surface area contributed by atoms with Crippen LogP contribution in [0.3, 0.4) is 0 Å². The first kappa shape index (κ1) is 5.96. The van der Waals surface area contributed by atoms with Crippen LogP contribution < -0.4 is 0 Å². The molecule has 0 unspecified atom stereocenters. The van der Waals surface area contributed by atoms with Crippen LogP contribution >= 0.6 is 0 Å². The predicted octanol–water partition coefficient (Wildman–Crippen LogP) is 0.228. The van der Waals surface area contributed by atoms with E-state index in [-0.39, 0.29) is 0 Å². The third kappa shape index (κ3) is 1.07. The number of hydrogen-bond donors (Lipinski definition) is 0. The fraction of sp³-hybridized carbons (Fsp3) is 0. The van der Waals surface area contributed by atoms with Gasteiger partial charge in [-0.1, -0.05) is 0 Å². The quantitative estimate of drug-likeness (QED) is 0.483. The van der Waals surface area contributed by atoms with Gasteiger partial charge in [-0.3, -0.25) is 4.90 Å². The lowest BCUT2D eigenvalue weighted by molar-refractivity contribution is 0.823. The van der Waals surface area contributed by atoms with Gasteiger partial charge in [0.15, 0.2) is 0 Å². The van der Waals surface area contributed by atoms with Crippen LogP contribution in [-0.4, -0.2) is 30.0 Å². The van der Waals surface area contributed by atoms with Gasteiger partial charge in [0.2, 0.25) is 0 Å².